The first-order valence-corrected chi connectivity index (χ1v) is 34.4. The minimum Gasteiger partial charge on any atom is -0.550 e. The van der Waals surface area contributed by atoms with Crippen molar-refractivity contribution in [3.05, 3.63) is 0 Å². The summed E-state index contributed by atoms with van der Waals surface area (Å²) >= 11 is 0. The van der Waals surface area contributed by atoms with Crippen LogP contribution >= 0.6 is 0 Å². The van der Waals surface area contributed by atoms with E-state index < -0.39 is 17.9 Å². The third kappa shape index (κ3) is 89.5. The van der Waals surface area contributed by atoms with Gasteiger partial charge in [0.05, 0.1) is 0 Å². The standard InChI is InChI=1S/3C23H46O2.Al/c3*1-2-3-4-5-6-7-8-9-10-11-12-13-14-15-16-17-18-19-20-21-22-23(24)25;/h3*2-22H2,1H3,(H,24,25);/q;;;+3/p-3. The van der Waals surface area contributed by atoms with Crippen LogP contribution in [-0.4, -0.2) is 35.3 Å². The largest absolute Gasteiger partial charge is 3.00 e. The van der Waals surface area contributed by atoms with E-state index in [-0.39, 0.29) is 36.6 Å². The third-order valence-corrected chi connectivity index (χ3v) is 15.7. The summed E-state index contributed by atoms with van der Waals surface area (Å²) in [6.07, 6.45) is 81.7. The number of carboxylic acids is 3. The van der Waals surface area contributed by atoms with Crippen LogP contribution in [0.3, 0.4) is 0 Å². The fraction of sp³-hybridized carbons (Fsp3) is 0.957. The molecule has 0 rings (SSSR count). The van der Waals surface area contributed by atoms with Crippen LogP contribution in [0.4, 0.5) is 0 Å². The van der Waals surface area contributed by atoms with Crippen LogP contribution in [0.25, 0.3) is 0 Å². The zero-order valence-electron chi connectivity index (χ0n) is 52.1. The third-order valence-electron chi connectivity index (χ3n) is 15.7. The van der Waals surface area contributed by atoms with Crippen molar-refractivity contribution < 1.29 is 29.7 Å². The number of rotatable bonds is 63. The second-order valence-electron chi connectivity index (χ2n) is 23.5. The van der Waals surface area contributed by atoms with Gasteiger partial charge in [-0.1, -0.05) is 387 Å². The Labute approximate surface area is 487 Å². The Morgan fingerprint density at radius 2 is 0.250 bits per heavy atom. The van der Waals surface area contributed by atoms with Gasteiger partial charge < -0.3 is 29.7 Å². The minimum atomic E-state index is -0.901. The van der Waals surface area contributed by atoms with Gasteiger partial charge in [-0.05, 0) is 38.5 Å². The molecule has 0 aromatic heterocycles. The summed E-state index contributed by atoms with van der Waals surface area (Å²) in [6, 6.07) is 0. The van der Waals surface area contributed by atoms with E-state index in [2.05, 4.69) is 20.8 Å². The molecule has 76 heavy (non-hydrogen) atoms. The molecule has 0 saturated heterocycles. The van der Waals surface area contributed by atoms with Gasteiger partial charge in [0.1, 0.15) is 0 Å². The first-order valence-electron chi connectivity index (χ1n) is 34.4. The van der Waals surface area contributed by atoms with E-state index in [1.165, 1.54) is 347 Å². The van der Waals surface area contributed by atoms with E-state index in [0.29, 0.717) is 0 Å². The SMILES string of the molecule is CCCCCCCCCCCCCCCCCCCCCCC(=O)[O-].CCCCCCCCCCCCCCCCCCCCCCC(=O)[O-].CCCCCCCCCCCCCCCCCCCCCCC(=O)[O-].[Al+3]. The van der Waals surface area contributed by atoms with Crippen LogP contribution < -0.4 is 15.3 Å². The van der Waals surface area contributed by atoms with Crippen molar-refractivity contribution >= 4 is 35.3 Å². The Bertz CT molecular complexity index is 925. The second kappa shape index (κ2) is 78.2. The van der Waals surface area contributed by atoms with E-state index in [0.717, 1.165) is 38.5 Å². The molecule has 0 saturated carbocycles. The van der Waals surface area contributed by atoms with Gasteiger partial charge in [0.25, 0.3) is 0 Å². The maximum Gasteiger partial charge on any atom is 3.00 e. The molecule has 0 radical (unpaired) electrons. The van der Waals surface area contributed by atoms with E-state index in [1.807, 2.05) is 0 Å². The average Bonchev–Trinajstić information content (AvgIpc) is 3.39. The summed E-state index contributed by atoms with van der Waals surface area (Å²) in [6.45, 7) is 6.85. The molecule has 0 spiro atoms. The maximum atomic E-state index is 10.3. The van der Waals surface area contributed by atoms with Crippen molar-refractivity contribution in [1.82, 2.24) is 0 Å². The van der Waals surface area contributed by atoms with Crippen molar-refractivity contribution in [2.75, 3.05) is 0 Å². The molecule has 0 aliphatic heterocycles. The molecule has 0 atom stereocenters. The van der Waals surface area contributed by atoms with Crippen LogP contribution in [0.1, 0.15) is 425 Å². The fourth-order valence-corrected chi connectivity index (χ4v) is 10.6. The summed E-state index contributed by atoms with van der Waals surface area (Å²) in [7, 11) is 0. The minimum absolute atomic E-state index is 0. The zero-order chi connectivity index (χ0) is 55.3. The van der Waals surface area contributed by atoms with E-state index >= 15 is 0 Å². The first-order chi connectivity index (χ1) is 36.8. The predicted octanol–water partition coefficient (Wildman–Crippen LogP) is 20.5. The molecule has 450 valence electrons. The number of hydrogen-bond donors (Lipinski definition) is 0. The van der Waals surface area contributed by atoms with Crippen molar-refractivity contribution in [2.24, 2.45) is 0 Å². The number of hydrogen-bond acceptors (Lipinski definition) is 6. The Morgan fingerprint density at radius 1 is 0.171 bits per heavy atom. The molecule has 7 heteroatoms. The number of aliphatic carboxylic acids is 3. The summed E-state index contributed by atoms with van der Waals surface area (Å²) in [5.74, 6) is -2.70. The molecule has 0 aromatic rings. The molecule has 0 heterocycles. The molecular formula is C69H135AlO6. The summed E-state index contributed by atoms with van der Waals surface area (Å²) < 4.78 is 0. The van der Waals surface area contributed by atoms with Gasteiger partial charge in [0, 0.05) is 17.9 Å². The Kier molecular flexibility index (Phi) is 83.7. The zero-order valence-corrected chi connectivity index (χ0v) is 53.2. The molecule has 0 unspecified atom stereocenters. The Morgan fingerprint density at radius 3 is 0.329 bits per heavy atom. The van der Waals surface area contributed by atoms with Gasteiger partial charge >= 0.3 is 17.4 Å². The van der Waals surface area contributed by atoms with Gasteiger partial charge in [-0.25, -0.2) is 0 Å². The summed E-state index contributed by atoms with van der Waals surface area (Å²) in [4.78, 5) is 30.8. The topological polar surface area (TPSA) is 120 Å². The summed E-state index contributed by atoms with van der Waals surface area (Å²) in [5.41, 5.74) is 0. The normalized spacial score (nSPS) is 10.9. The second-order valence-corrected chi connectivity index (χ2v) is 23.5. The number of unbranched alkanes of at least 4 members (excludes halogenated alkanes) is 57. The van der Waals surface area contributed by atoms with E-state index in [1.54, 1.807) is 0 Å². The maximum absolute atomic E-state index is 10.3. The number of carbonyl (C=O) groups is 3. The predicted molar refractivity (Wildman–Crippen MR) is 329 cm³/mol. The molecule has 0 N–H and O–H groups in total. The summed E-state index contributed by atoms with van der Waals surface area (Å²) in [5, 5.41) is 30.8. The number of carbonyl (C=O) groups excluding carboxylic acids is 3. The van der Waals surface area contributed by atoms with Gasteiger partial charge in [-0.15, -0.1) is 0 Å². The molecule has 0 aliphatic rings. The molecule has 0 aromatic carbocycles. The molecule has 0 bridgehead atoms. The van der Waals surface area contributed by atoms with Gasteiger partial charge in [-0.2, -0.15) is 0 Å². The van der Waals surface area contributed by atoms with Crippen LogP contribution in [-0.2, 0) is 14.4 Å². The first kappa shape index (κ1) is 81.4. The Hall–Kier alpha value is -1.06. The van der Waals surface area contributed by atoms with Crippen LogP contribution in [0.5, 0.6) is 0 Å². The van der Waals surface area contributed by atoms with Gasteiger partial charge in [-0.3, -0.25) is 0 Å². The molecule has 0 aliphatic carbocycles. The smallest absolute Gasteiger partial charge is 0.550 e. The molecule has 0 amide bonds. The van der Waals surface area contributed by atoms with Crippen molar-refractivity contribution in [3.63, 3.8) is 0 Å². The Balaban J connectivity index is -0.000000508. The van der Waals surface area contributed by atoms with Crippen LogP contribution in [0, 0.1) is 0 Å². The van der Waals surface area contributed by atoms with E-state index in [4.69, 9.17) is 0 Å². The van der Waals surface area contributed by atoms with Crippen molar-refractivity contribution in [2.45, 2.75) is 425 Å². The quantitative estimate of drug-likeness (QED) is 0.0442. The van der Waals surface area contributed by atoms with Crippen molar-refractivity contribution in [3.8, 4) is 0 Å². The van der Waals surface area contributed by atoms with Crippen LogP contribution in [0.2, 0.25) is 0 Å². The average molecular weight is 1090 g/mol. The van der Waals surface area contributed by atoms with E-state index in [9.17, 15) is 29.7 Å². The fourth-order valence-electron chi connectivity index (χ4n) is 10.6. The van der Waals surface area contributed by atoms with Gasteiger partial charge in [0.15, 0.2) is 0 Å². The molecule has 0 fully saturated rings. The van der Waals surface area contributed by atoms with Gasteiger partial charge in [0.2, 0.25) is 0 Å². The molecule has 6 nitrogen and oxygen atoms in total. The number of carboxylic acid groups (broad SMARTS) is 3. The van der Waals surface area contributed by atoms with Crippen LogP contribution in [0.15, 0.2) is 0 Å². The molecular weight excluding hydrogens is 952 g/mol. The monoisotopic (exact) mass is 1090 g/mol. The van der Waals surface area contributed by atoms with Crippen molar-refractivity contribution in [1.29, 1.82) is 0 Å².